The summed E-state index contributed by atoms with van der Waals surface area (Å²) in [5, 5.41) is 13.0. The number of nitrogens with zero attached hydrogens (tertiary/aromatic N) is 2. The zero-order valence-electron chi connectivity index (χ0n) is 12.3. The standard InChI is InChI=1S/C17H19N3O2/c21-14-4-3-11-20(12-14)17(22)15-5-1-2-6-16(15)19-13-7-9-18-10-8-13/h1-2,5-10,14,21H,3-4,11-12H2,(H,18,19). The second-order valence-corrected chi connectivity index (χ2v) is 5.45. The third-order valence-electron chi connectivity index (χ3n) is 3.80. The van der Waals surface area contributed by atoms with Crippen LogP contribution in [0.1, 0.15) is 23.2 Å². The van der Waals surface area contributed by atoms with E-state index in [-0.39, 0.29) is 5.91 Å². The number of aliphatic hydroxyl groups is 1. The summed E-state index contributed by atoms with van der Waals surface area (Å²) < 4.78 is 0. The van der Waals surface area contributed by atoms with Crippen LogP contribution in [0.15, 0.2) is 48.8 Å². The number of nitrogens with one attached hydrogen (secondary N) is 1. The van der Waals surface area contributed by atoms with Gasteiger partial charge in [-0.15, -0.1) is 0 Å². The number of β-amino-alcohol motifs (C(OH)–C–C–N with tert-alkyl or cyclic N) is 1. The number of rotatable bonds is 3. The Hall–Kier alpha value is -2.40. The fourth-order valence-electron chi connectivity index (χ4n) is 2.68. The van der Waals surface area contributed by atoms with Gasteiger partial charge in [0.2, 0.25) is 0 Å². The molecule has 3 rings (SSSR count). The lowest BCUT2D eigenvalue weighted by atomic mass is 10.1. The van der Waals surface area contributed by atoms with Gasteiger partial charge in [-0.05, 0) is 37.1 Å². The number of pyridine rings is 1. The first-order valence-electron chi connectivity index (χ1n) is 7.47. The smallest absolute Gasteiger partial charge is 0.256 e. The summed E-state index contributed by atoms with van der Waals surface area (Å²) in [5.41, 5.74) is 2.26. The van der Waals surface area contributed by atoms with Gasteiger partial charge < -0.3 is 15.3 Å². The maximum Gasteiger partial charge on any atom is 0.256 e. The molecule has 0 radical (unpaired) electrons. The van der Waals surface area contributed by atoms with Crippen LogP contribution in [0.25, 0.3) is 0 Å². The number of benzene rings is 1. The van der Waals surface area contributed by atoms with Gasteiger partial charge in [-0.25, -0.2) is 0 Å². The average molecular weight is 297 g/mol. The molecule has 1 amide bonds. The number of anilines is 2. The summed E-state index contributed by atoms with van der Waals surface area (Å²) in [6.07, 6.45) is 4.59. The lowest BCUT2D eigenvalue weighted by molar-refractivity contribution is 0.0474. The van der Waals surface area contributed by atoms with Crippen LogP contribution in [0.5, 0.6) is 0 Å². The van der Waals surface area contributed by atoms with Gasteiger partial charge in [0.1, 0.15) is 0 Å². The number of aromatic nitrogens is 1. The second kappa shape index (κ2) is 6.58. The van der Waals surface area contributed by atoms with Crippen LogP contribution < -0.4 is 5.32 Å². The molecule has 22 heavy (non-hydrogen) atoms. The number of aliphatic hydroxyl groups excluding tert-OH is 1. The summed E-state index contributed by atoms with van der Waals surface area (Å²) in [6.45, 7) is 1.10. The van der Waals surface area contributed by atoms with Crippen molar-refractivity contribution in [3.63, 3.8) is 0 Å². The van der Waals surface area contributed by atoms with E-state index in [0.29, 0.717) is 18.7 Å². The minimum Gasteiger partial charge on any atom is -0.391 e. The Kier molecular flexibility index (Phi) is 4.34. The quantitative estimate of drug-likeness (QED) is 0.913. The molecule has 1 aromatic heterocycles. The zero-order valence-corrected chi connectivity index (χ0v) is 12.3. The van der Waals surface area contributed by atoms with Crippen LogP contribution in [-0.4, -0.2) is 40.1 Å². The van der Waals surface area contributed by atoms with Crippen LogP contribution in [0.3, 0.4) is 0 Å². The van der Waals surface area contributed by atoms with Crippen molar-refractivity contribution in [2.75, 3.05) is 18.4 Å². The molecular formula is C17H19N3O2. The number of hydrogen-bond acceptors (Lipinski definition) is 4. The van der Waals surface area contributed by atoms with Crippen molar-refractivity contribution in [2.45, 2.75) is 18.9 Å². The van der Waals surface area contributed by atoms with Crippen molar-refractivity contribution in [1.29, 1.82) is 0 Å². The summed E-state index contributed by atoms with van der Waals surface area (Å²) in [4.78, 5) is 18.4. The van der Waals surface area contributed by atoms with Gasteiger partial charge in [0, 0.05) is 31.2 Å². The molecule has 0 spiro atoms. The van der Waals surface area contributed by atoms with E-state index in [0.717, 1.165) is 24.2 Å². The molecule has 0 saturated carbocycles. The number of carbonyl (C=O) groups excluding carboxylic acids is 1. The van der Waals surface area contributed by atoms with Crippen LogP contribution in [0.2, 0.25) is 0 Å². The maximum atomic E-state index is 12.7. The Morgan fingerprint density at radius 3 is 2.77 bits per heavy atom. The molecule has 5 heteroatoms. The summed E-state index contributed by atoms with van der Waals surface area (Å²) >= 11 is 0. The molecule has 2 aromatic rings. The Morgan fingerprint density at radius 2 is 2.00 bits per heavy atom. The second-order valence-electron chi connectivity index (χ2n) is 5.45. The molecule has 114 valence electrons. The number of carbonyl (C=O) groups is 1. The van der Waals surface area contributed by atoms with E-state index in [1.54, 1.807) is 17.3 Å². The molecule has 1 aliphatic heterocycles. The Labute approximate surface area is 129 Å². The highest BCUT2D eigenvalue weighted by Crippen LogP contribution is 2.23. The highest BCUT2D eigenvalue weighted by molar-refractivity contribution is 6.00. The molecule has 0 bridgehead atoms. The van der Waals surface area contributed by atoms with Crippen molar-refractivity contribution >= 4 is 17.3 Å². The van der Waals surface area contributed by atoms with Crippen molar-refractivity contribution < 1.29 is 9.90 Å². The van der Waals surface area contributed by atoms with Gasteiger partial charge >= 0.3 is 0 Å². The number of likely N-dealkylation sites (tertiary alicyclic amines) is 1. The molecular weight excluding hydrogens is 278 g/mol. The largest absolute Gasteiger partial charge is 0.391 e. The number of piperidine rings is 1. The van der Waals surface area contributed by atoms with E-state index >= 15 is 0 Å². The van der Waals surface area contributed by atoms with E-state index in [1.807, 2.05) is 36.4 Å². The zero-order chi connectivity index (χ0) is 15.4. The van der Waals surface area contributed by atoms with Crippen molar-refractivity contribution in [3.05, 3.63) is 54.4 Å². The molecule has 0 aliphatic carbocycles. The lowest BCUT2D eigenvalue weighted by Gasteiger charge is -2.30. The molecule has 1 saturated heterocycles. The summed E-state index contributed by atoms with van der Waals surface area (Å²) in [7, 11) is 0. The van der Waals surface area contributed by atoms with Crippen LogP contribution >= 0.6 is 0 Å². The van der Waals surface area contributed by atoms with Gasteiger partial charge in [-0.1, -0.05) is 12.1 Å². The molecule has 2 heterocycles. The summed E-state index contributed by atoms with van der Waals surface area (Å²) in [5.74, 6) is -0.0455. The van der Waals surface area contributed by atoms with E-state index in [1.165, 1.54) is 0 Å². The number of amides is 1. The number of hydrogen-bond donors (Lipinski definition) is 2. The van der Waals surface area contributed by atoms with Crippen molar-refractivity contribution in [2.24, 2.45) is 0 Å². The van der Waals surface area contributed by atoms with E-state index in [4.69, 9.17) is 0 Å². The third-order valence-corrected chi connectivity index (χ3v) is 3.80. The van der Waals surface area contributed by atoms with E-state index < -0.39 is 6.10 Å². The normalized spacial score (nSPS) is 18.0. The third kappa shape index (κ3) is 3.26. The first kappa shape index (κ1) is 14.5. The minimum atomic E-state index is -0.419. The van der Waals surface area contributed by atoms with Crippen molar-refractivity contribution in [1.82, 2.24) is 9.88 Å². The predicted octanol–water partition coefficient (Wildman–Crippen LogP) is 2.42. The van der Waals surface area contributed by atoms with E-state index in [2.05, 4.69) is 10.3 Å². The van der Waals surface area contributed by atoms with Crippen LogP contribution in [-0.2, 0) is 0 Å². The Bertz CT molecular complexity index is 645. The molecule has 1 aromatic carbocycles. The first-order valence-corrected chi connectivity index (χ1v) is 7.47. The summed E-state index contributed by atoms with van der Waals surface area (Å²) in [6, 6.07) is 11.1. The molecule has 1 fully saturated rings. The molecule has 1 unspecified atom stereocenters. The fourth-order valence-corrected chi connectivity index (χ4v) is 2.68. The average Bonchev–Trinajstić information content (AvgIpc) is 2.56. The lowest BCUT2D eigenvalue weighted by Crippen LogP contribution is -2.42. The predicted molar refractivity (Wildman–Crippen MR) is 85.1 cm³/mol. The van der Waals surface area contributed by atoms with Gasteiger partial charge in [-0.3, -0.25) is 9.78 Å². The number of para-hydroxylation sites is 1. The highest BCUT2D eigenvalue weighted by atomic mass is 16.3. The molecule has 1 aliphatic rings. The maximum absolute atomic E-state index is 12.7. The van der Waals surface area contributed by atoms with Gasteiger partial charge in [0.15, 0.2) is 0 Å². The topological polar surface area (TPSA) is 65.5 Å². The Morgan fingerprint density at radius 1 is 1.23 bits per heavy atom. The van der Waals surface area contributed by atoms with Gasteiger partial charge in [0.05, 0.1) is 17.4 Å². The van der Waals surface area contributed by atoms with Crippen LogP contribution in [0, 0.1) is 0 Å². The van der Waals surface area contributed by atoms with Gasteiger partial charge in [0.25, 0.3) is 5.91 Å². The monoisotopic (exact) mass is 297 g/mol. The Balaban J connectivity index is 1.83. The molecule has 2 N–H and O–H groups in total. The SMILES string of the molecule is O=C(c1ccccc1Nc1ccncc1)N1CCCC(O)C1. The first-order chi connectivity index (χ1) is 10.7. The molecule has 1 atom stereocenters. The van der Waals surface area contributed by atoms with Crippen LogP contribution in [0.4, 0.5) is 11.4 Å². The van der Waals surface area contributed by atoms with Gasteiger partial charge in [-0.2, -0.15) is 0 Å². The highest BCUT2D eigenvalue weighted by Gasteiger charge is 2.24. The minimum absolute atomic E-state index is 0.0455. The fraction of sp³-hybridized carbons (Fsp3) is 0.294. The van der Waals surface area contributed by atoms with E-state index in [9.17, 15) is 9.90 Å². The molecule has 5 nitrogen and oxygen atoms in total. The van der Waals surface area contributed by atoms with Crippen molar-refractivity contribution in [3.8, 4) is 0 Å².